The van der Waals surface area contributed by atoms with E-state index in [4.69, 9.17) is 4.42 Å². The van der Waals surface area contributed by atoms with Gasteiger partial charge in [-0.3, -0.25) is 4.79 Å². The summed E-state index contributed by atoms with van der Waals surface area (Å²) in [5, 5.41) is 9.18. The van der Waals surface area contributed by atoms with Crippen molar-refractivity contribution in [1.82, 2.24) is 4.90 Å². The minimum absolute atomic E-state index is 0.153. The molecule has 1 aliphatic rings. The second-order valence-electron chi connectivity index (χ2n) is 4.69. The number of hydrogen-bond donors (Lipinski definition) is 0. The number of carbonyl (C=O) groups is 1. The van der Waals surface area contributed by atoms with Crippen molar-refractivity contribution in [3.05, 3.63) is 22.6 Å². The quantitative estimate of drug-likeness (QED) is 0.862. The molecule has 1 heterocycles. The number of hydrogen-bond acceptors (Lipinski definition) is 3. The predicted molar refractivity (Wildman–Crippen MR) is 65.3 cm³/mol. The van der Waals surface area contributed by atoms with Crippen LogP contribution in [0.4, 0.5) is 0 Å². The van der Waals surface area contributed by atoms with Gasteiger partial charge in [0.05, 0.1) is 17.9 Å². The fourth-order valence-electron chi connectivity index (χ4n) is 1.84. The fourth-order valence-corrected chi connectivity index (χ4v) is 2.25. The molecule has 4 nitrogen and oxygen atoms in total. The normalized spacial score (nSPS) is 15.4. The van der Waals surface area contributed by atoms with Crippen molar-refractivity contribution in [3.63, 3.8) is 0 Å². The minimum atomic E-state index is -0.797. The second kappa shape index (κ2) is 4.19. The summed E-state index contributed by atoms with van der Waals surface area (Å²) in [4.78, 5) is 14.1. The van der Waals surface area contributed by atoms with E-state index in [1.165, 1.54) is 6.26 Å². The number of carbonyl (C=O) groups excluding carboxylic acids is 1. The van der Waals surface area contributed by atoms with Gasteiger partial charge in [0, 0.05) is 6.04 Å². The van der Waals surface area contributed by atoms with Crippen LogP contribution in [-0.2, 0) is 0 Å². The van der Waals surface area contributed by atoms with Crippen molar-refractivity contribution in [2.75, 3.05) is 0 Å². The third kappa shape index (κ3) is 2.22. The number of amides is 1. The Balaban J connectivity index is 2.33. The molecule has 0 saturated heterocycles. The van der Waals surface area contributed by atoms with E-state index in [1.54, 1.807) is 24.8 Å². The monoisotopic (exact) mass is 296 g/mol. The summed E-state index contributed by atoms with van der Waals surface area (Å²) in [6.07, 6.45) is 3.39. The highest BCUT2D eigenvalue weighted by molar-refractivity contribution is 9.10. The van der Waals surface area contributed by atoms with Gasteiger partial charge in [-0.25, -0.2) is 0 Å². The van der Waals surface area contributed by atoms with E-state index in [9.17, 15) is 10.1 Å². The van der Waals surface area contributed by atoms with Gasteiger partial charge >= 0.3 is 0 Å². The molecule has 1 aromatic heterocycles. The molecule has 1 saturated carbocycles. The molecule has 0 aromatic carbocycles. The maximum atomic E-state index is 12.4. The summed E-state index contributed by atoms with van der Waals surface area (Å²) < 4.78 is 5.49. The lowest BCUT2D eigenvalue weighted by molar-refractivity contribution is 0.0613. The standard InChI is InChI=1S/C12H13BrN2O2/c1-12(2,7-14)15(8-3-4-8)11(16)9-5-6-17-10(9)13/h5-6,8H,3-4H2,1-2H3. The maximum absolute atomic E-state index is 12.4. The van der Waals surface area contributed by atoms with E-state index in [2.05, 4.69) is 22.0 Å². The van der Waals surface area contributed by atoms with Crippen LogP contribution in [0.25, 0.3) is 0 Å². The Morgan fingerprint density at radius 2 is 2.29 bits per heavy atom. The molecule has 0 N–H and O–H groups in total. The minimum Gasteiger partial charge on any atom is -0.457 e. The van der Waals surface area contributed by atoms with Gasteiger partial charge in [0.25, 0.3) is 5.91 Å². The molecule has 1 aromatic rings. The highest BCUT2D eigenvalue weighted by atomic mass is 79.9. The average molecular weight is 297 g/mol. The van der Waals surface area contributed by atoms with Crippen molar-refractivity contribution >= 4 is 21.8 Å². The first-order chi connectivity index (χ1) is 7.97. The van der Waals surface area contributed by atoms with Crippen molar-refractivity contribution < 1.29 is 9.21 Å². The van der Waals surface area contributed by atoms with Crippen LogP contribution >= 0.6 is 15.9 Å². The molecule has 0 spiro atoms. The first-order valence-electron chi connectivity index (χ1n) is 5.45. The topological polar surface area (TPSA) is 57.2 Å². The third-order valence-electron chi connectivity index (χ3n) is 2.86. The summed E-state index contributed by atoms with van der Waals surface area (Å²) in [5.74, 6) is -0.153. The Kier molecular flexibility index (Phi) is 3.00. The van der Waals surface area contributed by atoms with Crippen LogP contribution in [0.3, 0.4) is 0 Å². The second-order valence-corrected chi connectivity index (χ2v) is 5.41. The zero-order valence-electron chi connectivity index (χ0n) is 9.74. The molecule has 0 atom stereocenters. The highest BCUT2D eigenvalue weighted by Gasteiger charge is 2.43. The Labute approximate surface area is 108 Å². The highest BCUT2D eigenvalue weighted by Crippen LogP contribution is 2.35. The van der Waals surface area contributed by atoms with Crippen LogP contribution in [0.5, 0.6) is 0 Å². The first-order valence-corrected chi connectivity index (χ1v) is 6.24. The van der Waals surface area contributed by atoms with Crippen molar-refractivity contribution in [3.8, 4) is 6.07 Å². The molecule has 0 aliphatic heterocycles. The van der Waals surface area contributed by atoms with Crippen molar-refractivity contribution in [2.24, 2.45) is 0 Å². The Morgan fingerprint density at radius 1 is 1.65 bits per heavy atom. The summed E-state index contributed by atoms with van der Waals surface area (Å²) in [5.41, 5.74) is -0.324. The Bertz CT molecular complexity index is 483. The van der Waals surface area contributed by atoms with Gasteiger partial charge in [-0.2, -0.15) is 5.26 Å². The number of rotatable bonds is 3. The molecular formula is C12H13BrN2O2. The number of halogens is 1. The van der Waals surface area contributed by atoms with Gasteiger partial charge in [0.2, 0.25) is 0 Å². The molecule has 1 fully saturated rings. The largest absolute Gasteiger partial charge is 0.457 e. The molecule has 1 amide bonds. The van der Waals surface area contributed by atoms with E-state index >= 15 is 0 Å². The van der Waals surface area contributed by atoms with Crippen molar-refractivity contribution in [1.29, 1.82) is 5.26 Å². The van der Waals surface area contributed by atoms with E-state index in [-0.39, 0.29) is 11.9 Å². The number of nitriles is 1. The van der Waals surface area contributed by atoms with Gasteiger partial charge in [0.1, 0.15) is 5.54 Å². The van der Waals surface area contributed by atoms with Crippen LogP contribution in [0.2, 0.25) is 0 Å². The molecule has 90 valence electrons. The van der Waals surface area contributed by atoms with Crippen LogP contribution in [0, 0.1) is 11.3 Å². The predicted octanol–water partition coefficient (Wildman–Crippen LogP) is 2.95. The van der Waals surface area contributed by atoms with E-state index in [0.717, 1.165) is 12.8 Å². The number of furan rings is 1. The lowest BCUT2D eigenvalue weighted by Crippen LogP contribution is -2.48. The average Bonchev–Trinajstić information content (AvgIpc) is 2.99. The van der Waals surface area contributed by atoms with Crippen LogP contribution < -0.4 is 0 Å². The molecule has 5 heteroatoms. The molecule has 2 rings (SSSR count). The molecule has 0 unspecified atom stereocenters. The zero-order valence-corrected chi connectivity index (χ0v) is 11.3. The van der Waals surface area contributed by atoms with E-state index in [0.29, 0.717) is 10.2 Å². The summed E-state index contributed by atoms with van der Waals surface area (Å²) >= 11 is 3.20. The van der Waals surface area contributed by atoms with Gasteiger partial charge in [-0.1, -0.05) is 0 Å². The van der Waals surface area contributed by atoms with Crippen molar-refractivity contribution in [2.45, 2.75) is 38.3 Å². The Hall–Kier alpha value is -1.28. The third-order valence-corrected chi connectivity index (χ3v) is 3.47. The van der Waals surface area contributed by atoms with Gasteiger partial charge < -0.3 is 9.32 Å². The first kappa shape index (κ1) is 12.2. The summed E-state index contributed by atoms with van der Waals surface area (Å²) in [6.45, 7) is 3.52. The smallest absolute Gasteiger partial charge is 0.259 e. The molecular weight excluding hydrogens is 284 g/mol. The van der Waals surface area contributed by atoms with Crippen LogP contribution in [0.15, 0.2) is 21.4 Å². The Morgan fingerprint density at radius 3 is 2.71 bits per heavy atom. The fraction of sp³-hybridized carbons (Fsp3) is 0.500. The number of nitrogens with zero attached hydrogens (tertiary/aromatic N) is 2. The molecule has 0 bridgehead atoms. The van der Waals surface area contributed by atoms with Gasteiger partial charge in [0.15, 0.2) is 4.67 Å². The molecule has 0 radical (unpaired) electrons. The van der Waals surface area contributed by atoms with Gasteiger partial charge in [-0.15, -0.1) is 0 Å². The maximum Gasteiger partial charge on any atom is 0.259 e. The van der Waals surface area contributed by atoms with Crippen LogP contribution in [-0.4, -0.2) is 22.4 Å². The van der Waals surface area contributed by atoms with E-state index in [1.807, 2.05) is 0 Å². The van der Waals surface area contributed by atoms with Gasteiger partial charge in [-0.05, 0) is 48.7 Å². The molecule has 17 heavy (non-hydrogen) atoms. The summed E-state index contributed by atoms with van der Waals surface area (Å²) in [7, 11) is 0. The van der Waals surface area contributed by atoms with E-state index < -0.39 is 5.54 Å². The summed E-state index contributed by atoms with van der Waals surface area (Å²) in [6, 6.07) is 3.98. The lowest BCUT2D eigenvalue weighted by Gasteiger charge is -2.33. The molecule has 1 aliphatic carbocycles. The SMILES string of the molecule is CC(C)(C#N)N(C(=O)c1ccoc1Br)C1CC1. The zero-order chi connectivity index (χ0) is 12.6. The lowest BCUT2D eigenvalue weighted by atomic mass is 10.0. The van der Waals surface area contributed by atoms with Crippen LogP contribution in [0.1, 0.15) is 37.0 Å².